The zero-order valence-electron chi connectivity index (χ0n) is 7.87. The topological polar surface area (TPSA) is 26.3 Å². The molecule has 0 bridgehead atoms. The van der Waals surface area contributed by atoms with E-state index >= 15 is 0 Å². The minimum atomic E-state index is -1.35. The third kappa shape index (κ3) is 2.69. The molecule has 0 saturated heterocycles. The summed E-state index contributed by atoms with van der Waals surface area (Å²) in [5, 5.41) is 0. The smallest absolute Gasteiger partial charge is 0.235 e. The molecule has 3 heteroatoms. The Bertz CT molecular complexity index is 333. The zero-order chi connectivity index (χ0) is 10.6. The van der Waals surface area contributed by atoms with Crippen molar-refractivity contribution in [2.75, 3.05) is 0 Å². The Morgan fingerprint density at radius 3 is 2.57 bits per heavy atom. The molecular weight excluding hydrogens is 183 g/mol. The molecule has 76 valence electrons. The summed E-state index contributed by atoms with van der Waals surface area (Å²) in [6.45, 7) is 4.66. The second-order valence-corrected chi connectivity index (χ2v) is 2.75. The minimum absolute atomic E-state index is 0. The largest absolute Gasteiger partial charge is 0.461 e. The van der Waals surface area contributed by atoms with E-state index in [4.69, 9.17) is 4.74 Å². The maximum Gasteiger partial charge on any atom is 0.235 e. The molecule has 0 aliphatic rings. The van der Waals surface area contributed by atoms with E-state index in [1.54, 1.807) is 24.3 Å². The average Bonchev–Trinajstić information content (AvgIpc) is 2.17. The number of alkyl halides is 1. The van der Waals surface area contributed by atoms with E-state index in [0.29, 0.717) is 11.3 Å². The van der Waals surface area contributed by atoms with E-state index in [1.165, 1.54) is 13.0 Å². The van der Waals surface area contributed by atoms with Crippen molar-refractivity contribution in [3.05, 3.63) is 42.5 Å². The Kier molecular flexibility index (Phi) is 3.40. The first-order chi connectivity index (χ1) is 6.63. The number of hydrogen-bond acceptors (Lipinski definition) is 2. The molecule has 1 aromatic rings. The van der Waals surface area contributed by atoms with Gasteiger partial charge in [0.25, 0.3) is 0 Å². The third-order valence-electron chi connectivity index (χ3n) is 1.62. The molecule has 0 heterocycles. The molecule has 1 rings (SSSR count). The van der Waals surface area contributed by atoms with Gasteiger partial charge in [-0.15, -0.1) is 0 Å². The number of ether oxygens (including phenoxy) is 1. The lowest BCUT2D eigenvalue weighted by atomic mass is 10.1. The lowest BCUT2D eigenvalue weighted by Gasteiger charge is -2.06. The molecule has 0 amide bonds. The van der Waals surface area contributed by atoms with Gasteiger partial charge in [-0.1, -0.05) is 6.58 Å². The Hall–Kier alpha value is -1.64. The summed E-state index contributed by atoms with van der Waals surface area (Å²) in [6.07, 6.45) is -0.121. The fraction of sp³-hybridized carbons (Fsp3) is 0.182. The lowest BCUT2D eigenvalue weighted by Crippen LogP contribution is -2.03. The van der Waals surface area contributed by atoms with E-state index in [0.717, 1.165) is 0 Å². The highest BCUT2D eigenvalue weighted by molar-refractivity contribution is 6.04. The van der Waals surface area contributed by atoms with Crippen molar-refractivity contribution < 1.29 is 15.3 Å². The van der Waals surface area contributed by atoms with Gasteiger partial charge in [0.15, 0.2) is 5.78 Å². The number of allylic oxidation sites excluding steroid dienone is 1. The van der Waals surface area contributed by atoms with Gasteiger partial charge in [0.05, 0.1) is 0 Å². The first-order valence-corrected chi connectivity index (χ1v) is 4.21. The van der Waals surface area contributed by atoms with Crippen LogP contribution in [0.3, 0.4) is 0 Å². The summed E-state index contributed by atoms with van der Waals surface area (Å²) in [7, 11) is 0. The molecule has 1 atom stereocenters. The van der Waals surface area contributed by atoms with Crippen LogP contribution in [0, 0.1) is 0 Å². The molecule has 0 spiro atoms. The van der Waals surface area contributed by atoms with Gasteiger partial charge >= 0.3 is 0 Å². The van der Waals surface area contributed by atoms with Crippen LogP contribution >= 0.6 is 0 Å². The minimum Gasteiger partial charge on any atom is -0.461 e. The molecule has 0 radical (unpaired) electrons. The molecule has 2 nitrogen and oxygen atoms in total. The van der Waals surface area contributed by atoms with Gasteiger partial charge in [-0.2, -0.15) is 0 Å². The van der Waals surface area contributed by atoms with E-state index in [9.17, 15) is 9.18 Å². The maximum absolute atomic E-state index is 12.4. The van der Waals surface area contributed by atoms with Gasteiger partial charge < -0.3 is 4.74 Å². The Morgan fingerprint density at radius 1 is 1.57 bits per heavy atom. The summed E-state index contributed by atoms with van der Waals surface area (Å²) in [5.74, 6) is 0.241. The van der Waals surface area contributed by atoms with Gasteiger partial charge in [-0.05, 0) is 30.3 Å². The van der Waals surface area contributed by atoms with E-state index in [2.05, 4.69) is 6.58 Å². The number of benzene rings is 1. The molecule has 1 aromatic carbocycles. The molecule has 0 fully saturated rings. The predicted molar refractivity (Wildman–Crippen MR) is 54.3 cm³/mol. The number of halogens is 1. The quantitative estimate of drug-likeness (QED) is 0.546. The summed E-state index contributed by atoms with van der Waals surface area (Å²) in [5.41, 5.74) is 0.513. The normalized spacial score (nSPS) is 11.9. The summed E-state index contributed by atoms with van der Waals surface area (Å²) in [6, 6.07) is 6.24. The fourth-order valence-electron chi connectivity index (χ4n) is 1.00. The van der Waals surface area contributed by atoms with Gasteiger partial charge in [0.1, 0.15) is 5.75 Å². The van der Waals surface area contributed by atoms with Crippen LogP contribution in [0.1, 0.15) is 18.7 Å². The third-order valence-corrected chi connectivity index (χ3v) is 1.62. The van der Waals surface area contributed by atoms with Crippen molar-refractivity contribution in [2.45, 2.75) is 13.3 Å². The van der Waals surface area contributed by atoms with Gasteiger partial charge in [-0.25, -0.2) is 4.39 Å². The van der Waals surface area contributed by atoms with Crippen molar-refractivity contribution in [1.29, 1.82) is 0 Å². The van der Waals surface area contributed by atoms with Crippen molar-refractivity contribution >= 4 is 5.78 Å². The van der Waals surface area contributed by atoms with Crippen molar-refractivity contribution in [2.24, 2.45) is 0 Å². The summed E-state index contributed by atoms with van der Waals surface area (Å²) in [4.78, 5) is 11.1. The Morgan fingerprint density at radius 2 is 2.14 bits per heavy atom. The van der Waals surface area contributed by atoms with Crippen LogP contribution in [0.15, 0.2) is 36.9 Å². The fourth-order valence-corrected chi connectivity index (χ4v) is 1.00. The van der Waals surface area contributed by atoms with Crippen LogP contribution < -0.4 is 4.74 Å². The van der Waals surface area contributed by atoms with Crippen LogP contribution in [0.2, 0.25) is 0 Å². The number of carbonyl (C=O) groups is 1. The molecule has 0 aliphatic carbocycles. The highest BCUT2D eigenvalue weighted by atomic mass is 19.1. The number of hydrogen-bond donors (Lipinski definition) is 0. The summed E-state index contributed by atoms with van der Waals surface area (Å²) >= 11 is 0. The number of carbonyl (C=O) groups excluding carboxylic acids is 1. The van der Waals surface area contributed by atoms with Crippen molar-refractivity contribution in [3.8, 4) is 5.75 Å². The van der Waals surface area contributed by atoms with E-state index < -0.39 is 6.36 Å². The first-order valence-electron chi connectivity index (χ1n) is 4.21. The highest BCUT2D eigenvalue weighted by Gasteiger charge is 2.03. The van der Waals surface area contributed by atoms with E-state index in [1.807, 2.05) is 0 Å². The molecule has 0 aromatic heterocycles. The first kappa shape index (κ1) is 10.4. The Labute approximate surface area is 83.5 Å². The van der Waals surface area contributed by atoms with Crippen molar-refractivity contribution in [3.63, 3.8) is 0 Å². The monoisotopic (exact) mass is 196 g/mol. The second kappa shape index (κ2) is 4.56. The number of rotatable bonds is 4. The molecule has 1 unspecified atom stereocenters. The van der Waals surface area contributed by atoms with Crippen LogP contribution in [-0.4, -0.2) is 12.1 Å². The standard InChI is InChI=1S/C11H11FO2.H2/c1-3-11(13)9-4-6-10(7-5-9)14-8(2)12;/h3-8H,1H2,2H3;1H. The maximum atomic E-state index is 12.4. The zero-order valence-corrected chi connectivity index (χ0v) is 7.87. The van der Waals surface area contributed by atoms with Crippen molar-refractivity contribution in [1.82, 2.24) is 0 Å². The Balaban J connectivity index is 0.00000196. The van der Waals surface area contributed by atoms with Gasteiger partial charge in [0, 0.05) is 13.9 Å². The van der Waals surface area contributed by atoms with Crippen LogP contribution in [0.5, 0.6) is 5.75 Å². The van der Waals surface area contributed by atoms with E-state index in [-0.39, 0.29) is 7.21 Å². The molecule has 14 heavy (non-hydrogen) atoms. The molecule has 0 aliphatic heterocycles. The van der Waals surface area contributed by atoms with Crippen LogP contribution in [0.25, 0.3) is 0 Å². The molecule has 0 N–H and O–H groups in total. The summed E-state index contributed by atoms with van der Waals surface area (Å²) < 4.78 is 17.2. The highest BCUT2D eigenvalue weighted by Crippen LogP contribution is 2.14. The SMILES string of the molecule is C=CC(=O)c1ccc(OC(C)F)cc1.[HH]. The molecular formula is C11H13FO2. The predicted octanol–water partition coefficient (Wildman–Crippen LogP) is 3.00. The molecule has 0 saturated carbocycles. The van der Waals surface area contributed by atoms with Gasteiger partial charge in [-0.3, -0.25) is 4.79 Å². The second-order valence-electron chi connectivity index (χ2n) is 2.75. The van der Waals surface area contributed by atoms with Crippen LogP contribution in [0.4, 0.5) is 4.39 Å². The average molecular weight is 196 g/mol. The lowest BCUT2D eigenvalue weighted by molar-refractivity contribution is 0.0860. The number of ketones is 1. The van der Waals surface area contributed by atoms with Gasteiger partial charge in [0.2, 0.25) is 6.36 Å². The van der Waals surface area contributed by atoms with Crippen LogP contribution in [-0.2, 0) is 0 Å².